The summed E-state index contributed by atoms with van der Waals surface area (Å²) in [5.74, 6) is -0.0596. The second kappa shape index (κ2) is 10.4. The van der Waals surface area contributed by atoms with E-state index in [0.717, 1.165) is 19.3 Å². The van der Waals surface area contributed by atoms with E-state index in [1.165, 1.54) is 25.7 Å². The van der Waals surface area contributed by atoms with Crippen LogP contribution in [-0.2, 0) is 9.53 Å². The van der Waals surface area contributed by atoms with Crippen LogP contribution in [0.5, 0.6) is 0 Å². The molecule has 0 aliphatic heterocycles. The van der Waals surface area contributed by atoms with Crippen molar-refractivity contribution in [1.29, 1.82) is 0 Å². The summed E-state index contributed by atoms with van der Waals surface area (Å²) >= 11 is 0. The first-order valence-electron chi connectivity index (χ1n) is 7.37. The molecule has 2 N–H and O–H groups in total. The van der Waals surface area contributed by atoms with Crippen molar-refractivity contribution in [3.05, 3.63) is 0 Å². The molecule has 0 unspecified atom stereocenters. The fourth-order valence-corrected chi connectivity index (χ4v) is 1.92. The number of unbranched alkanes of at least 4 members (excludes halogenated alkanes) is 4. The Labute approximate surface area is 112 Å². The summed E-state index contributed by atoms with van der Waals surface area (Å²) in [5.41, 5.74) is 5.69. The van der Waals surface area contributed by atoms with Crippen molar-refractivity contribution in [3.8, 4) is 0 Å². The molecule has 0 amide bonds. The fourth-order valence-electron chi connectivity index (χ4n) is 1.92. The summed E-state index contributed by atoms with van der Waals surface area (Å²) < 4.78 is 5.23. The standard InChI is InChI=1S/C15H31NO2/c1-4-5-6-7-8-13-18-14(17)9-10-15(2,3)11-12-16/h4-13,16H2,1-3H3. The van der Waals surface area contributed by atoms with E-state index in [9.17, 15) is 4.79 Å². The van der Waals surface area contributed by atoms with Crippen molar-refractivity contribution >= 4 is 5.97 Å². The van der Waals surface area contributed by atoms with Gasteiger partial charge in [0.1, 0.15) is 0 Å². The molecule has 0 atom stereocenters. The minimum atomic E-state index is -0.0596. The van der Waals surface area contributed by atoms with Gasteiger partial charge in [0.2, 0.25) is 0 Å². The van der Waals surface area contributed by atoms with Crippen LogP contribution in [0.3, 0.4) is 0 Å². The normalized spacial score (nSPS) is 11.6. The number of carbonyl (C=O) groups excluding carboxylic acids is 1. The highest BCUT2D eigenvalue weighted by Crippen LogP contribution is 2.25. The van der Waals surface area contributed by atoms with Gasteiger partial charge < -0.3 is 10.5 Å². The highest BCUT2D eigenvalue weighted by Gasteiger charge is 2.18. The molecule has 0 saturated carbocycles. The highest BCUT2D eigenvalue weighted by molar-refractivity contribution is 5.69. The second-order valence-corrected chi connectivity index (χ2v) is 5.84. The minimum absolute atomic E-state index is 0.0596. The second-order valence-electron chi connectivity index (χ2n) is 5.84. The third-order valence-corrected chi connectivity index (χ3v) is 3.34. The number of hydrogen-bond acceptors (Lipinski definition) is 3. The van der Waals surface area contributed by atoms with Crippen LogP contribution >= 0.6 is 0 Å². The monoisotopic (exact) mass is 257 g/mol. The van der Waals surface area contributed by atoms with Gasteiger partial charge in [-0.1, -0.05) is 46.5 Å². The SMILES string of the molecule is CCCCCCCOC(=O)CCC(C)(C)CCN. The summed E-state index contributed by atoms with van der Waals surface area (Å²) in [4.78, 5) is 11.5. The number of ether oxygens (including phenoxy) is 1. The lowest BCUT2D eigenvalue weighted by Gasteiger charge is -2.23. The molecule has 0 fully saturated rings. The van der Waals surface area contributed by atoms with Crippen molar-refractivity contribution in [2.45, 2.75) is 72.1 Å². The van der Waals surface area contributed by atoms with Gasteiger partial charge in [-0.25, -0.2) is 0 Å². The maximum atomic E-state index is 11.5. The molecule has 0 bridgehead atoms. The molecule has 3 heteroatoms. The first-order chi connectivity index (χ1) is 8.52. The number of esters is 1. The van der Waals surface area contributed by atoms with Crippen LogP contribution in [-0.4, -0.2) is 19.1 Å². The Hall–Kier alpha value is -0.570. The Balaban J connectivity index is 3.48. The van der Waals surface area contributed by atoms with Crippen molar-refractivity contribution in [3.63, 3.8) is 0 Å². The fraction of sp³-hybridized carbons (Fsp3) is 0.933. The van der Waals surface area contributed by atoms with E-state index in [1.54, 1.807) is 0 Å². The Morgan fingerprint density at radius 3 is 2.39 bits per heavy atom. The number of hydrogen-bond donors (Lipinski definition) is 1. The molecule has 0 aliphatic rings. The summed E-state index contributed by atoms with van der Waals surface area (Å²) in [7, 11) is 0. The average Bonchev–Trinajstić information content (AvgIpc) is 2.31. The maximum absolute atomic E-state index is 11.5. The Kier molecular flexibility index (Phi) is 10.0. The summed E-state index contributed by atoms with van der Waals surface area (Å²) in [5, 5.41) is 0. The van der Waals surface area contributed by atoms with E-state index < -0.39 is 0 Å². The van der Waals surface area contributed by atoms with Gasteiger partial charge in [-0.3, -0.25) is 4.79 Å². The molecular formula is C15H31NO2. The molecule has 0 aromatic heterocycles. The van der Waals surface area contributed by atoms with E-state index in [1.807, 2.05) is 0 Å². The molecule has 0 rings (SSSR count). The lowest BCUT2D eigenvalue weighted by Crippen LogP contribution is -2.19. The lowest BCUT2D eigenvalue weighted by molar-refractivity contribution is -0.144. The Morgan fingerprint density at radius 1 is 1.11 bits per heavy atom. The molecule has 18 heavy (non-hydrogen) atoms. The first kappa shape index (κ1) is 17.4. The summed E-state index contributed by atoms with van der Waals surface area (Å²) in [6, 6.07) is 0. The van der Waals surface area contributed by atoms with Gasteiger partial charge in [0.05, 0.1) is 6.61 Å². The van der Waals surface area contributed by atoms with Gasteiger partial charge >= 0.3 is 5.97 Å². The molecule has 0 spiro atoms. The number of rotatable bonds is 11. The van der Waals surface area contributed by atoms with E-state index in [-0.39, 0.29) is 11.4 Å². The summed E-state index contributed by atoms with van der Waals surface area (Å²) in [6.07, 6.45) is 8.27. The first-order valence-corrected chi connectivity index (χ1v) is 7.37. The zero-order valence-corrected chi connectivity index (χ0v) is 12.5. The molecule has 0 aliphatic carbocycles. The van der Waals surface area contributed by atoms with Crippen LogP contribution in [0.15, 0.2) is 0 Å². The van der Waals surface area contributed by atoms with Crippen LogP contribution in [0, 0.1) is 5.41 Å². The van der Waals surface area contributed by atoms with E-state index in [4.69, 9.17) is 10.5 Å². The Bertz CT molecular complexity index is 215. The predicted octanol–water partition coefficient (Wildman–Crippen LogP) is 3.66. The van der Waals surface area contributed by atoms with Crippen LogP contribution in [0.25, 0.3) is 0 Å². The van der Waals surface area contributed by atoms with E-state index >= 15 is 0 Å². The van der Waals surface area contributed by atoms with Gasteiger partial charge in [-0.15, -0.1) is 0 Å². The largest absolute Gasteiger partial charge is 0.466 e. The average molecular weight is 257 g/mol. The predicted molar refractivity (Wildman–Crippen MR) is 76.4 cm³/mol. The molecule has 108 valence electrons. The minimum Gasteiger partial charge on any atom is -0.466 e. The quantitative estimate of drug-likeness (QED) is 0.454. The molecule has 3 nitrogen and oxygen atoms in total. The molecular weight excluding hydrogens is 226 g/mol. The van der Waals surface area contributed by atoms with Gasteiger partial charge in [-0.2, -0.15) is 0 Å². The highest BCUT2D eigenvalue weighted by atomic mass is 16.5. The maximum Gasteiger partial charge on any atom is 0.305 e. The Morgan fingerprint density at radius 2 is 1.78 bits per heavy atom. The van der Waals surface area contributed by atoms with Crippen LogP contribution < -0.4 is 5.73 Å². The van der Waals surface area contributed by atoms with Crippen LogP contribution in [0.4, 0.5) is 0 Å². The zero-order valence-electron chi connectivity index (χ0n) is 12.5. The molecule has 0 aromatic carbocycles. The smallest absolute Gasteiger partial charge is 0.305 e. The van der Waals surface area contributed by atoms with Gasteiger partial charge in [0.25, 0.3) is 0 Å². The van der Waals surface area contributed by atoms with E-state index in [2.05, 4.69) is 20.8 Å². The van der Waals surface area contributed by atoms with Gasteiger partial charge in [0, 0.05) is 6.42 Å². The van der Waals surface area contributed by atoms with Gasteiger partial charge in [0.15, 0.2) is 0 Å². The number of nitrogens with two attached hydrogens (primary N) is 1. The molecule has 0 aromatic rings. The number of carbonyl (C=O) groups is 1. The third-order valence-electron chi connectivity index (χ3n) is 3.34. The topological polar surface area (TPSA) is 52.3 Å². The van der Waals surface area contributed by atoms with Crippen LogP contribution in [0.2, 0.25) is 0 Å². The van der Waals surface area contributed by atoms with Crippen molar-refractivity contribution in [2.75, 3.05) is 13.2 Å². The van der Waals surface area contributed by atoms with Crippen molar-refractivity contribution in [1.82, 2.24) is 0 Å². The zero-order chi connectivity index (χ0) is 13.9. The molecule has 0 saturated heterocycles. The third kappa shape index (κ3) is 10.6. The molecule has 0 heterocycles. The van der Waals surface area contributed by atoms with Crippen LogP contribution in [0.1, 0.15) is 72.1 Å². The van der Waals surface area contributed by atoms with Gasteiger partial charge in [-0.05, 0) is 31.2 Å². The molecule has 0 radical (unpaired) electrons. The van der Waals surface area contributed by atoms with Crippen molar-refractivity contribution < 1.29 is 9.53 Å². The van der Waals surface area contributed by atoms with Crippen molar-refractivity contribution in [2.24, 2.45) is 11.1 Å². The van der Waals surface area contributed by atoms with E-state index in [0.29, 0.717) is 19.6 Å². The summed E-state index contributed by atoms with van der Waals surface area (Å²) in [6.45, 7) is 7.76. The lowest BCUT2D eigenvalue weighted by atomic mass is 9.84.